The zero-order valence-electron chi connectivity index (χ0n) is 32.6. The average Bonchev–Trinajstić information content (AvgIpc) is 3.63. The predicted molar refractivity (Wildman–Crippen MR) is 184 cm³/mol. The van der Waals surface area contributed by atoms with Gasteiger partial charge in [0.2, 0.25) is 0 Å². The van der Waals surface area contributed by atoms with Crippen LogP contribution in [0.3, 0.4) is 0 Å². The quantitative estimate of drug-likeness (QED) is 0.200. The molecule has 4 aliphatic carbocycles. The van der Waals surface area contributed by atoms with Crippen LogP contribution in [0.5, 0.6) is 0 Å². The van der Waals surface area contributed by atoms with Gasteiger partial charge in [-0.1, -0.05) is 13.8 Å². The number of ketones is 1. The molecule has 0 aromatic heterocycles. The van der Waals surface area contributed by atoms with Gasteiger partial charge in [-0.15, -0.1) is 0 Å². The highest BCUT2D eigenvalue weighted by molar-refractivity contribution is 5.81. The van der Waals surface area contributed by atoms with Gasteiger partial charge < -0.3 is 52.8 Å². The summed E-state index contributed by atoms with van der Waals surface area (Å²) in [4.78, 5) is 38.6. The third-order valence-corrected chi connectivity index (χ3v) is 14.9. The Balaban J connectivity index is 1.07. The monoisotopic (exact) mass is 752 g/mol. The molecule has 2 spiro atoms. The number of carbonyl (C=O) groups is 3. The van der Waals surface area contributed by atoms with Crippen LogP contribution in [-0.4, -0.2) is 127 Å². The summed E-state index contributed by atoms with van der Waals surface area (Å²) >= 11 is 0. The number of Topliss-reactive ketones (excluding diaryl/α,β-unsaturated/α-hetero) is 1. The van der Waals surface area contributed by atoms with Crippen molar-refractivity contribution in [2.75, 3.05) is 14.2 Å². The van der Waals surface area contributed by atoms with Crippen LogP contribution >= 0.6 is 0 Å². The summed E-state index contributed by atoms with van der Waals surface area (Å²) in [5.41, 5.74) is -2.37. The van der Waals surface area contributed by atoms with Crippen molar-refractivity contribution >= 4 is 17.7 Å². The normalized spacial score (nSPS) is 53.0. The predicted octanol–water partition coefficient (Wildman–Crippen LogP) is 2.99. The number of ether oxygens (including phenoxy) is 9. The van der Waals surface area contributed by atoms with Gasteiger partial charge in [0.1, 0.15) is 53.6 Å². The van der Waals surface area contributed by atoms with Crippen molar-refractivity contribution in [3.8, 4) is 0 Å². The highest BCUT2D eigenvalue weighted by atomic mass is 16.7. The van der Waals surface area contributed by atoms with Gasteiger partial charge in [0.25, 0.3) is 0 Å². The number of hydrogen-bond acceptors (Lipinski definition) is 14. The second-order valence-electron chi connectivity index (χ2n) is 17.4. The number of aliphatic hydroxyl groups excluding tert-OH is 2. The molecule has 3 aliphatic heterocycles. The Labute approximate surface area is 312 Å². The van der Waals surface area contributed by atoms with E-state index in [0.29, 0.717) is 19.3 Å². The summed E-state index contributed by atoms with van der Waals surface area (Å²) in [6.07, 6.45) is -2.79. The molecule has 19 unspecified atom stereocenters. The summed E-state index contributed by atoms with van der Waals surface area (Å²) in [7, 11) is 3.03. The molecule has 0 radical (unpaired) electrons. The second kappa shape index (κ2) is 14.0. The van der Waals surface area contributed by atoms with Crippen LogP contribution in [0.4, 0.5) is 0 Å². The number of rotatable bonds is 9. The highest BCUT2D eigenvalue weighted by Gasteiger charge is 2.91. The molecule has 0 amide bonds. The minimum absolute atomic E-state index is 0.0340. The maximum atomic E-state index is 13.1. The third kappa shape index (κ3) is 5.95. The molecule has 0 bridgehead atoms. The first-order valence-corrected chi connectivity index (χ1v) is 19.6. The van der Waals surface area contributed by atoms with E-state index in [-0.39, 0.29) is 35.1 Å². The van der Waals surface area contributed by atoms with Gasteiger partial charge in [0, 0.05) is 51.7 Å². The zero-order valence-corrected chi connectivity index (χ0v) is 32.6. The van der Waals surface area contributed by atoms with E-state index in [1.165, 1.54) is 21.0 Å². The van der Waals surface area contributed by atoms with Crippen molar-refractivity contribution in [3.05, 3.63) is 0 Å². The summed E-state index contributed by atoms with van der Waals surface area (Å²) in [6, 6.07) is 0. The van der Waals surface area contributed by atoms with Gasteiger partial charge in [-0.25, -0.2) is 0 Å². The Morgan fingerprint density at radius 2 is 1.47 bits per heavy atom. The molecule has 0 aromatic carbocycles. The number of esters is 2. The van der Waals surface area contributed by atoms with Crippen molar-refractivity contribution < 1.29 is 67.2 Å². The van der Waals surface area contributed by atoms with Crippen molar-refractivity contribution in [2.24, 2.45) is 28.6 Å². The Morgan fingerprint density at radius 3 is 2.11 bits per heavy atom. The Kier molecular flexibility index (Phi) is 10.4. The average molecular weight is 753 g/mol. The lowest BCUT2D eigenvalue weighted by Gasteiger charge is -2.61. The fraction of sp³-hybridized carbons (Fsp3) is 0.923. The first kappa shape index (κ1) is 39.5. The highest BCUT2D eigenvalue weighted by Crippen LogP contribution is 2.81. The van der Waals surface area contributed by atoms with Crippen LogP contribution in [0.25, 0.3) is 0 Å². The smallest absolute Gasteiger partial charge is 0.303 e. The molecule has 4 saturated carbocycles. The molecule has 3 heterocycles. The molecule has 14 heteroatoms. The molecule has 7 rings (SSSR count). The molecule has 3 saturated heterocycles. The molecular formula is C39H60O14. The molecule has 0 aromatic rings. The fourth-order valence-electron chi connectivity index (χ4n) is 12.5. The summed E-state index contributed by atoms with van der Waals surface area (Å²) in [6.45, 7) is 12.2. The number of carbonyl (C=O) groups excluding carboxylic acids is 3. The standard InChI is InChI=1S/C39H60O14/c1-18(40)25-12-15-39-37(25,7)34(50-22(5)42)32(49-21(4)41)33-36(6)13-11-24(16-23(36)10-14-38(33,39)53-39)51-27-17-26(45-8)30(20(3)47-27)52-35-29(44)31(46-9)28(43)19(2)48-35/h19-20,23-35,43-44H,10-17H2,1-9H3. The van der Waals surface area contributed by atoms with E-state index < -0.39 is 96.1 Å². The van der Waals surface area contributed by atoms with Crippen LogP contribution in [0, 0.1) is 28.6 Å². The Morgan fingerprint density at radius 1 is 0.755 bits per heavy atom. The topological polar surface area (TPSA) is 178 Å². The molecule has 2 N–H and O–H groups in total. The van der Waals surface area contributed by atoms with Gasteiger partial charge in [-0.2, -0.15) is 0 Å². The Bertz CT molecular complexity index is 1430. The minimum Gasteiger partial charge on any atom is -0.458 e. The third-order valence-electron chi connectivity index (χ3n) is 14.9. The van der Waals surface area contributed by atoms with Crippen LogP contribution in [0.15, 0.2) is 0 Å². The molecule has 7 fully saturated rings. The molecule has 7 aliphatic rings. The van der Waals surface area contributed by atoms with Crippen molar-refractivity contribution in [3.63, 3.8) is 0 Å². The first-order valence-electron chi connectivity index (χ1n) is 19.6. The lowest BCUT2D eigenvalue weighted by Crippen LogP contribution is -2.70. The lowest BCUT2D eigenvalue weighted by atomic mass is 9.43. The zero-order chi connectivity index (χ0) is 38.4. The van der Waals surface area contributed by atoms with Crippen LogP contribution in [-0.2, 0) is 57.0 Å². The van der Waals surface area contributed by atoms with E-state index >= 15 is 0 Å². The molecule has 19 atom stereocenters. The number of epoxide rings is 1. The SMILES string of the molecule is COC1CC(OC2CCC3(C)C(CCC45OC46CCC(C(C)=O)C6(C)C(OC(C)=O)C(OC(C)=O)C35)C2)OC(C)C1OC1OC(C)C(O)C(OC)C1O. The fourth-order valence-corrected chi connectivity index (χ4v) is 12.5. The Hall–Kier alpha value is -1.75. The van der Waals surface area contributed by atoms with E-state index in [1.807, 2.05) is 13.8 Å². The van der Waals surface area contributed by atoms with Gasteiger partial charge >= 0.3 is 11.9 Å². The van der Waals surface area contributed by atoms with Crippen LogP contribution < -0.4 is 0 Å². The van der Waals surface area contributed by atoms with Crippen molar-refractivity contribution in [2.45, 2.75) is 185 Å². The van der Waals surface area contributed by atoms with Gasteiger partial charge in [-0.05, 0) is 77.0 Å². The van der Waals surface area contributed by atoms with E-state index in [9.17, 15) is 24.6 Å². The number of fused-ring (bicyclic) bond motifs is 2. The van der Waals surface area contributed by atoms with E-state index in [4.69, 9.17) is 42.6 Å². The molecular weight excluding hydrogens is 692 g/mol. The van der Waals surface area contributed by atoms with Crippen molar-refractivity contribution in [1.82, 2.24) is 0 Å². The van der Waals surface area contributed by atoms with E-state index in [1.54, 1.807) is 21.0 Å². The van der Waals surface area contributed by atoms with Gasteiger partial charge in [0.15, 0.2) is 12.6 Å². The lowest BCUT2D eigenvalue weighted by molar-refractivity contribution is -0.343. The maximum Gasteiger partial charge on any atom is 0.303 e. The molecule has 300 valence electrons. The number of aliphatic hydroxyl groups is 2. The van der Waals surface area contributed by atoms with Crippen LogP contribution in [0.2, 0.25) is 0 Å². The van der Waals surface area contributed by atoms with E-state index in [0.717, 1.165) is 32.1 Å². The summed E-state index contributed by atoms with van der Waals surface area (Å²) in [5, 5.41) is 21.3. The minimum atomic E-state index is -1.21. The molecule has 14 nitrogen and oxygen atoms in total. The second-order valence-corrected chi connectivity index (χ2v) is 17.4. The maximum absolute atomic E-state index is 13.1. The number of methoxy groups -OCH3 is 2. The van der Waals surface area contributed by atoms with Crippen LogP contribution in [0.1, 0.15) is 99.8 Å². The summed E-state index contributed by atoms with van der Waals surface area (Å²) in [5.74, 6) is -1.30. The summed E-state index contributed by atoms with van der Waals surface area (Å²) < 4.78 is 55.8. The largest absolute Gasteiger partial charge is 0.458 e. The van der Waals surface area contributed by atoms with Gasteiger partial charge in [0.05, 0.1) is 24.4 Å². The van der Waals surface area contributed by atoms with E-state index in [2.05, 4.69) is 6.92 Å². The first-order chi connectivity index (χ1) is 25.0. The van der Waals surface area contributed by atoms with Crippen molar-refractivity contribution in [1.29, 1.82) is 0 Å². The van der Waals surface area contributed by atoms with Gasteiger partial charge in [-0.3, -0.25) is 14.4 Å². The number of hydrogen-bond donors (Lipinski definition) is 2. The molecule has 53 heavy (non-hydrogen) atoms.